The van der Waals surface area contributed by atoms with Crippen molar-refractivity contribution >= 4 is 35.0 Å². The molecule has 0 aliphatic heterocycles. The van der Waals surface area contributed by atoms with Gasteiger partial charge in [0.25, 0.3) is 0 Å². The number of aromatic nitrogens is 2. The average molecular weight is 226 g/mol. The largest absolute Gasteiger partial charge is 0.308 e. The second kappa shape index (κ2) is 4.52. The highest BCUT2D eigenvalue weighted by Gasteiger charge is 2.02. The number of benzene rings is 1. The van der Waals surface area contributed by atoms with E-state index in [-0.39, 0.29) is 5.95 Å². The van der Waals surface area contributed by atoms with Crippen LogP contribution in [0, 0.1) is 5.41 Å². The molecule has 1 aromatic heterocycles. The quantitative estimate of drug-likeness (QED) is 0.617. The Labute approximate surface area is 97.7 Å². The first-order chi connectivity index (χ1) is 8.24. The van der Waals surface area contributed by atoms with Gasteiger partial charge in [-0.05, 0) is 17.2 Å². The fourth-order valence-corrected chi connectivity index (χ4v) is 1.43. The number of amides is 1. The molecule has 0 bridgehead atoms. The second-order valence-corrected chi connectivity index (χ2v) is 3.40. The van der Waals surface area contributed by atoms with Crippen molar-refractivity contribution < 1.29 is 4.79 Å². The van der Waals surface area contributed by atoms with Crippen LogP contribution >= 0.6 is 0 Å². The van der Waals surface area contributed by atoms with E-state index in [0.29, 0.717) is 17.5 Å². The maximum Gasteiger partial charge on any atom is 0.229 e. The molecule has 84 valence electrons. The zero-order valence-corrected chi connectivity index (χ0v) is 8.97. The fraction of sp³-hybridized carbons (Fsp3) is 0. The van der Waals surface area contributed by atoms with Gasteiger partial charge in [-0.2, -0.15) is 0 Å². The fourth-order valence-electron chi connectivity index (χ4n) is 1.43. The number of carbonyl (C=O) groups is 1. The van der Waals surface area contributed by atoms with Gasteiger partial charge in [-0.3, -0.25) is 10.1 Å². The van der Waals surface area contributed by atoms with Crippen LogP contribution in [0.5, 0.6) is 0 Å². The lowest BCUT2D eigenvalue weighted by Gasteiger charge is -2.03. The molecule has 0 atom stereocenters. The molecule has 1 aromatic carbocycles. The predicted octanol–water partition coefficient (Wildman–Crippen LogP) is 1.86. The molecular formula is C12H10N4O. The van der Waals surface area contributed by atoms with Crippen molar-refractivity contribution in [3.63, 3.8) is 0 Å². The number of hydrogen-bond acceptors (Lipinski definition) is 4. The Hall–Kier alpha value is -2.56. The van der Waals surface area contributed by atoms with Gasteiger partial charge < -0.3 is 5.41 Å². The Bertz CT molecular complexity index is 606. The van der Waals surface area contributed by atoms with Crippen LogP contribution in [0.1, 0.15) is 5.56 Å². The summed E-state index contributed by atoms with van der Waals surface area (Å²) in [6, 6.07) is 5.51. The van der Waals surface area contributed by atoms with Crippen LogP contribution in [-0.2, 0) is 4.79 Å². The van der Waals surface area contributed by atoms with Gasteiger partial charge in [0.15, 0.2) is 0 Å². The maximum absolute atomic E-state index is 10.3. The lowest BCUT2D eigenvalue weighted by molar-refractivity contribution is -0.105. The zero-order chi connectivity index (χ0) is 12.3. The topological polar surface area (TPSA) is 78.7 Å². The normalized spacial score (nSPS) is 9.88. The van der Waals surface area contributed by atoms with E-state index in [9.17, 15) is 4.79 Å². The van der Waals surface area contributed by atoms with Crippen molar-refractivity contribution in [1.29, 1.82) is 5.41 Å². The minimum atomic E-state index is 0.255. The van der Waals surface area contributed by atoms with E-state index in [1.165, 1.54) is 6.21 Å². The van der Waals surface area contributed by atoms with E-state index in [1.807, 2.05) is 12.1 Å². The number of hydrogen-bond donors (Lipinski definition) is 2. The summed E-state index contributed by atoms with van der Waals surface area (Å²) in [6.07, 6.45) is 3.35. The number of allylic oxidation sites excluding steroid dienone is 1. The van der Waals surface area contributed by atoms with Crippen molar-refractivity contribution in [1.82, 2.24) is 9.97 Å². The minimum absolute atomic E-state index is 0.255. The Kier molecular flexibility index (Phi) is 2.91. The van der Waals surface area contributed by atoms with Crippen molar-refractivity contribution in [2.75, 3.05) is 5.32 Å². The van der Waals surface area contributed by atoms with E-state index in [4.69, 9.17) is 5.41 Å². The number of nitrogens with one attached hydrogen (secondary N) is 2. The Balaban J connectivity index is 2.53. The van der Waals surface area contributed by atoms with E-state index < -0.39 is 0 Å². The van der Waals surface area contributed by atoms with E-state index in [0.717, 1.165) is 10.9 Å². The molecule has 0 aliphatic carbocycles. The van der Waals surface area contributed by atoms with E-state index >= 15 is 0 Å². The van der Waals surface area contributed by atoms with E-state index in [2.05, 4.69) is 21.9 Å². The van der Waals surface area contributed by atoms with Crippen molar-refractivity contribution in [3.05, 3.63) is 36.5 Å². The molecule has 17 heavy (non-hydrogen) atoms. The van der Waals surface area contributed by atoms with Crippen LogP contribution < -0.4 is 5.32 Å². The molecule has 2 rings (SSSR count). The van der Waals surface area contributed by atoms with Crippen LogP contribution in [0.2, 0.25) is 0 Å². The third kappa shape index (κ3) is 2.17. The molecule has 1 heterocycles. The average Bonchev–Trinajstić information content (AvgIpc) is 2.37. The summed E-state index contributed by atoms with van der Waals surface area (Å²) < 4.78 is 0. The smallest absolute Gasteiger partial charge is 0.229 e. The highest BCUT2D eigenvalue weighted by molar-refractivity contribution is 6.08. The summed E-state index contributed by atoms with van der Waals surface area (Å²) in [5.41, 5.74) is 2.13. The summed E-state index contributed by atoms with van der Waals surface area (Å²) in [7, 11) is 0. The molecule has 5 nitrogen and oxygen atoms in total. The Morgan fingerprint density at radius 1 is 1.47 bits per heavy atom. The first-order valence-electron chi connectivity index (χ1n) is 4.91. The van der Waals surface area contributed by atoms with Gasteiger partial charge in [0.2, 0.25) is 12.4 Å². The molecule has 0 radical (unpaired) electrons. The Morgan fingerprint density at radius 3 is 3.00 bits per heavy atom. The van der Waals surface area contributed by atoms with Gasteiger partial charge in [-0.25, -0.2) is 9.97 Å². The summed E-state index contributed by atoms with van der Waals surface area (Å²) in [4.78, 5) is 18.4. The van der Waals surface area contributed by atoms with Crippen LogP contribution in [0.4, 0.5) is 5.95 Å². The van der Waals surface area contributed by atoms with Crippen molar-refractivity contribution in [2.45, 2.75) is 0 Å². The summed E-state index contributed by atoms with van der Waals surface area (Å²) in [5.74, 6) is 0.255. The van der Waals surface area contributed by atoms with Gasteiger partial charge in [0, 0.05) is 17.8 Å². The van der Waals surface area contributed by atoms with Crippen molar-refractivity contribution in [3.8, 4) is 0 Å². The van der Waals surface area contributed by atoms with Gasteiger partial charge in [-0.15, -0.1) is 0 Å². The third-order valence-electron chi connectivity index (χ3n) is 2.32. The third-order valence-corrected chi connectivity index (χ3v) is 2.32. The number of fused-ring (bicyclic) bond motifs is 1. The molecule has 2 aromatic rings. The molecule has 5 heteroatoms. The van der Waals surface area contributed by atoms with Crippen LogP contribution in [0.25, 0.3) is 16.5 Å². The molecule has 1 amide bonds. The first-order valence-corrected chi connectivity index (χ1v) is 4.91. The first kappa shape index (κ1) is 10.9. The summed E-state index contributed by atoms with van der Waals surface area (Å²) in [6.45, 7) is 3.75. The summed E-state index contributed by atoms with van der Waals surface area (Å²) >= 11 is 0. The summed E-state index contributed by atoms with van der Waals surface area (Å²) in [5, 5.41) is 10.4. The highest BCUT2D eigenvalue weighted by atomic mass is 16.1. The predicted molar refractivity (Wildman–Crippen MR) is 67.0 cm³/mol. The van der Waals surface area contributed by atoms with Crippen molar-refractivity contribution in [2.24, 2.45) is 0 Å². The van der Waals surface area contributed by atoms with Crippen LogP contribution in [0.3, 0.4) is 0 Å². The number of rotatable bonds is 4. The molecule has 0 fully saturated rings. The van der Waals surface area contributed by atoms with E-state index in [1.54, 1.807) is 12.3 Å². The van der Waals surface area contributed by atoms with Crippen LogP contribution in [-0.4, -0.2) is 22.6 Å². The Morgan fingerprint density at radius 2 is 2.29 bits per heavy atom. The zero-order valence-electron chi connectivity index (χ0n) is 8.97. The van der Waals surface area contributed by atoms with Crippen LogP contribution in [0.15, 0.2) is 31.0 Å². The SMILES string of the molecule is C=C(C=N)c1ccc2cnc(NC=O)nc2c1. The number of carbonyl (C=O) groups excluding carboxylic acids is 1. The molecule has 0 unspecified atom stereocenters. The molecular weight excluding hydrogens is 216 g/mol. The minimum Gasteiger partial charge on any atom is -0.308 e. The monoisotopic (exact) mass is 226 g/mol. The van der Waals surface area contributed by atoms with Gasteiger partial charge in [0.1, 0.15) is 0 Å². The van der Waals surface area contributed by atoms with Gasteiger partial charge in [0.05, 0.1) is 5.52 Å². The molecule has 0 aliphatic rings. The molecule has 2 N–H and O–H groups in total. The van der Waals surface area contributed by atoms with Gasteiger partial charge in [-0.1, -0.05) is 18.7 Å². The lowest BCUT2D eigenvalue weighted by Crippen LogP contribution is -1.99. The number of anilines is 1. The number of nitrogens with zero attached hydrogens (tertiary/aromatic N) is 2. The second-order valence-electron chi connectivity index (χ2n) is 3.40. The maximum atomic E-state index is 10.3. The van der Waals surface area contributed by atoms with Gasteiger partial charge >= 0.3 is 0 Å². The molecule has 0 saturated carbocycles. The highest BCUT2D eigenvalue weighted by Crippen LogP contribution is 2.18. The molecule has 0 saturated heterocycles. The molecule has 0 spiro atoms. The standard InChI is InChI=1S/C12H10N4O/c1-8(5-13)9-2-3-10-6-14-12(15-7-17)16-11(10)4-9/h2-7,13H,1H2,(H,14,15,16,17). The lowest BCUT2D eigenvalue weighted by atomic mass is 10.1.